The van der Waals surface area contributed by atoms with Gasteiger partial charge in [0.05, 0.1) is 11.7 Å². The zero-order valence-corrected chi connectivity index (χ0v) is 13.0. The summed E-state index contributed by atoms with van der Waals surface area (Å²) in [6, 6.07) is 7.58. The molecule has 1 aromatic carbocycles. The summed E-state index contributed by atoms with van der Waals surface area (Å²) in [5, 5.41) is 13.9. The van der Waals surface area contributed by atoms with Gasteiger partial charge in [0.1, 0.15) is 0 Å². The zero-order valence-electron chi connectivity index (χ0n) is 13.0. The van der Waals surface area contributed by atoms with E-state index in [1.807, 2.05) is 24.3 Å². The van der Waals surface area contributed by atoms with E-state index in [0.717, 1.165) is 24.1 Å². The summed E-state index contributed by atoms with van der Waals surface area (Å²) < 4.78 is 6.25. The van der Waals surface area contributed by atoms with Crippen molar-refractivity contribution >= 4 is 11.6 Å². The molecule has 1 fully saturated rings. The van der Waals surface area contributed by atoms with E-state index in [1.54, 1.807) is 6.08 Å². The van der Waals surface area contributed by atoms with Gasteiger partial charge in [-0.3, -0.25) is 4.79 Å². The lowest BCUT2D eigenvalue weighted by Crippen LogP contribution is -2.53. The van der Waals surface area contributed by atoms with Gasteiger partial charge in [0, 0.05) is 24.1 Å². The van der Waals surface area contributed by atoms with E-state index in [1.165, 1.54) is 0 Å². The van der Waals surface area contributed by atoms with Crippen molar-refractivity contribution in [1.82, 2.24) is 0 Å². The maximum Gasteiger partial charge on any atom is 0.261 e. The van der Waals surface area contributed by atoms with Crippen molar-refractivity contribution in [3.05, 3.63) is 42.5 Å². The van der Waals surface area contributed by atoms with Gasteiger partial charge in [-0.25, -0.2) is 0 Å². The minimum absolute atomic E-state index is 0.124. The lowest BCUT2D eigenvalue weighted by molar-refractivity contribution is -0.201. The Kier molecular flexibility index (Phi) is 3.83. The predicted molar refractivity (Wildman–Crippen MR) is 85.5 cm³/mol. The molecule has 4 nitrogen and oxygen atoms in total. The van der Waals surface area contributed by atoms with Crippen molar-refractivity contribution in [2.75, 3.05) is 5.32 Å². The normalized spacial score (nSPS) is 33.5. The fraction of sp³-hybridized carbons (Fsp3) is 0.500. The van der Waals surface area contributed by atoms with Crippen LogP contribution in [0.15, 0.2) is 36.9 Å². The zero-order chi connectivity index (χ0) is 15.8. The highest BCUT2D eigenvalue weighted by Crippen LogP contribution is 2.50. The Bertz CT molecular complexity index is 600. The standard InChI is InChI=1S/C18H23NO3/c1-3-7-13-11-17(21,10-4-2)12-18(22-13)14-8-5-6-9-15(14)19-16(18)20/h4-6,8-9,13,21H,2-3,7,10-12H2,1H3,(H,19,20)/t13-,17+,18+/m0/s1. The van der Waals surface area contributed by atoms with Gasteiger partial charge in [0.15, 0.2) is 5.60 Å². The average Bonchev–Trinajstić information content (AvgIpc) is 2.71. The predicted octanol–water partition coefficient (Wildman–Crippen LogP) is 3.12. The molecular formula is C18H23NO3. The molecule has 3 rings (SSSR count). The Morgan fingerprint density at radius 3 is 3.00 bits per heavy atom. The van der Waals surface area contributed by atoms with Crippen molar-refractivity contribution in [2.45, 2.75) is 56.3 Å². The molecule has 2 N–H and O–H groups in total. The molecule has 2 aliphatic heterocycles. The van der Waals surface area contributed by atoms with Gasteiger partial charge < -0.3 is 15.2 Å². The van der Waals surface area contributed by atoms with Gasteiger partial charge in [-0.15, -0.1) is 6.58 Å². The third-order valence-corrected chi connectivity index (χ3v) is 4.67. The third-order valence-electron chi connectivity index (χ3n) is 4.67. The number of para-hydroxylation sites is 1. The number of aliphatic hydroxyl groups is 1. The van der Waals surface area contributed by atoms with Crippen LogP contribution in [0.2, 0.25) is 0 Å². The van der Waals surface area contributed by atoms with Gasteiger partial charge in [-0.2, -0.15) is 0 Å². The number of hydrogen-bond acceptors (Lipinski definition) is 3. The van der Waals surface area contributed by atoms with E-state index in [9.17, 15) is 9.90 Å². The van der Waals surface area contributed by atoms with Gasteiger partial charge in [0.2, 0.25) is 0 Å². The van der Waals surface area contributed by atoms with Crippen LogP contribution >= 0.6 is 0 Å². The van der Waals surface area contributed by atoms with E-state index in [-0.39, 0.29) is 18.4 Å². The van der Waals surface area contributed by atoms with E-state index >= 15 is 0 Å². The summed E-state index contributed by atoms with van der Waals surface area (Å²) in [6.45, 7) is 5.83. The average molecular weight is 301 g/mol. The number of carbonyl (C=O) groups excluding carboxylic acids is 1. The molecule has 2 heterocycles. The van der Waals surface area contributed by atoms with Crippen LogP contribution < -0.4 is 5.32 Å². The van der Waals surface area contributed by atoms with Crippen molar-refractivity contribution < 1.29 is 14.6 Å². The Hall–Kier alpha value is -1.65. The van der Waals surface area contributed by atoms with Crippen LogP contribution in [0.5, 0.6) is 0 Å². The lowest BCUT2D eigenvalue weighted by atomic mass is 9.75. The number of carbonyl (C=O) groups is 1. The molecule has 22 heavy (non-hydrogen) atoms. The highest BCUT2D eigenvalue weighted by atomic mass is 16.5. The molecule has 2 aliphatic rings. The van der Waals surface area contributed by atoms with Crippen LogP contribution in [-0.2, 0) is 15.1 Å². The van der Waals surface area contributed by atoms with Gasteiger partial charge >= 0.3 is 0 Å². The number of rotatable bonds is 4. The van der Waals surface area contributed by atoms with E-state index < -0.39 is 11.2 Å². The Morgan fingerprint density at radius 1 is 1.50 bits per heavy atom. The fourth-order valence-electron chi connectivity index (χ4n) is 3.82. The van der Waals surface area contributed by atoms with Crippen LogP contribution in [-0.4, -0.2) is 22.7 Å². The van der Waals surface area contributed by atoms with Crippen molar-refractivity contribution in [3.63, 3.8) is 0 Å². The van der Waals surface area contributed by atoms with Gasteiger partial charge in [0.25, 0.3) is 5.91 Å². The number of fused-ring (bicyclic) bond motifs is 2. The number of nitrogens with one attached hydrogen (secondary N) is 1. The van der Waals surface area contributed by atoms with Gasteiger partial charge in [-0.1, -0.05) is 37.6 Å². The molecule has 1 aromatic rings. The van der Waals surface area contributed by atoms with Crippen LogP contribution in [0.3, 0.4) is 0 Å². The van der Waals surface area contributed by atoms with Gasteiger partial charge in [-0.05, 0) is 18.9 Å². The monoisotopic (exact) mass is 301 g/mol. The molecule has 1 spiro atoms. The topological polar surface area (TPSA) is 58.6 Å². The summed E-state index contributed by atoms with van der Waals surface area (Å²) in [5.74, 6) is -0.169. The first-order valence-electron chi connectivity index (χ1n) is 7.95. The minimum atomic E-state index is -1.08. The molecule has 3 atom stereocenters. The Balaban J connectivity index is 2.04. The highest BCUT2D eigenvalue weighted by Gasteiger charge is 2.56. The summed E-state index contributed by atoms with van der Waals surface area (Å²) >= 11 is 0. The highest BCUT2D eigenvalue weighted by molar-refractivity contribution is 6.05. The SMILES string of the molecule is C=CC[C@@]1(O)C[C@H](CCC)O[C@@]2(C1)C(=O)Nc1ccccc12. The number of amides is 1. The molecule has 4 heteroatoms. The fourth-order valence-corrected chi connectivity index (χ4v) is 3.82. The first-order valence-corrected chi connectivity index (χ1v) is 7.95. The number of anilines is 1. The summed E-state index contributed by atoms with van der Waals surface area (Å²) in [6.07, 6.45) is 4.67. The maximum absolute atomic E-state index is 12.7. The minimum Gasteiger partial charge on any atom is -0.389 e. The second-order valence-corrected chi connectivity index (χ2v) is 6.45. The smallest absolute Gasteiger partial charge is 0.261 e. The van der Waals surface area contributed by atoms with Crippen LogP contribution in [0.4, 0.5) is 5.69 Å². The molecule has 0 radical (unpaired) electrons. The van der Waals surface area contributed by atoms with Crippen LogP contribution in [0, 0.1) is 0 Å². The van der Waals surface area contributed by atoms with E-state index in [0.29, 0.717) is 12.8 Å². The Labute approximate surface area is 131 Å². The second-order valence-electron chi connectivity index (χ2n) is 6.45. The van der Waals surface area contributed by atoms with Crippen molar-refractivity contribution in [2.24, 2.45) is 0 Å². The summed E-state index contributed by atoms with van der Waals surface area (Å²) in [4.78, 5) is 12.7. The molecule has 1 amide bonds. The molecule has 0 saturated carbocycles. The summed E-state index contributed by atoms with van der Waals surface area (Å²) in [7, 11) is 0. The number of benzene rings is 1. The van der Waals surface area contributed by atoms with Crippen molar-refractivity contribution in [3.8, 4) is 0 Å². The molecular weight excluding hydrogens is 278 g/mol. The Morgan fingerprint density at radius 2 is 2.27 bits per heavy atom. The molecule has 0 bridgehead atoms. The molecule has 1 saturated heterocycles. The molecule has 118 valence electrons. The first kappa shape index (κ1) is 15.3. The maximum atomic E-state index is 12.7. The first-order chi connectivity index (χ1) is 10.5. The number of ether oxygens (including phenoxy) is 1. The molecule has 0 aliphatic carbocycles. The number of hydrogen-bond donors (Lipinski definition) is 2. The second kappa shape index (κ2) is 5.52. The van der Waals surface area contributed by atoms with Crippen LogP contribution in [0.25, 0.3) is 0 Å². The van der Waals surface area contributed by atoms with Crippen LogP contribution in [0.1, 0.15) is 44.6 Å². The molecule has 0 unspecified atom stereocenters. The van der Waals surface area contributed by atoms with E-state index in [4.69, 9.17) is 4.74 Å². The molecule has 0 aromatic heterocycles. The van der Waals surface area contributed by atoms with Crippen molar-refractivity contribution in [1.29, 1.82) is 0 Å². The summed E-state index contributed by atoms with van der Waals surface area (Å²) in [5.41, 5.74) is -0.407. The quantitative estimate of drug-likeness (QED) is 0.840. The lowest BCUT2D eigenvalue weighted by Gasteiger charge is -2.45. The third kappa shape index (κ3) is 2.36. The largest absolute Gasteiger partial charge is 0.389 e. The van der Waals surface area contributed by atoms with E-state index in [2.05, 4.69) is 18.8 Å².